The lowest BCUT2D eigenvalue weighted by Gasteiger charge is -2.11. The van der Waals surface area contributed by atoms with Crippen molar-refractivity contribution in [2.75, 3.05) is 11.9 Å². The highest BCUT2D eigenvalue weighted by atomic mass is 79.9. The molecule has 0 fully saturated rings. The fourth-order valence-corrected chi connectivity index (χ4v) is 2.48. The number of nitrogens with zero attached hydrogens (tertiary/aromatic N) is 2. The van der Waals surface area contributed by atoms with E-state index >= 15 is 0 Å². The molecule has 0 aliphatic carbocycles. The minimum absolute atomic E-state index is 0.552. The summed E-state index contributed by atoms with van der Waals surface area (Å²) in [6.45, 7) is 7.26. The lowest BCUT2D eigenvalue weighted by Crippen LogP contribution is -2.06. The predicted molar refractivity (Wildman–Crippen MR) is 92.9 cm³/mol. The molecule has 0 aliphatic rings. The third-order valence-electron chi connectivity index (χ3n) is 2.93. The SMILES string of the molecule is CCNc1cc(CC(C)C)nc(-c2ccc(Br)c(Cl)c2)n1. The van der Waals surface area contributed by atoms with E-state index < -0.39 is 0 Å². The second kappa shape index (κ2) is 7.23. The van der Waals surface area contributed by atoms with Crippen molar-refractivity contribution in [2.24, 2.45) is 5.92 Å². The molecule has 2 rings (SSSR count). The van der Waals surface area contributed by atoms with Gasteiger partial charge in [-0.25, -0.2) is 9.97 Å². The topological polar surface area (TPSA) is 37.8 Å². The van der Waals surface area contributed by atoms with Crippen LogP contribution in [0, 0.1) is 5.92 Å². The predicted octanol–water partition coefficient (Wildman–Crippen LogP) is 5.19. The molecule has 0 atom stereocenters. The second-order valence-electron chi connectivity index (χ2n) is 5.33. The minimum atomic E-state index is 0.552. The number of nitrogens with one attached hydrogen (secondary N) is 1. The van der Waals surface area contributed by atoms with Gasteiger partial charge in [0.05, 0.1) is 5.02 Å². The molecular formula is C16H19BrClN3. The largest absolute Gasteiger partial charge is 0.370 e. The summed E-state index contributed by atoms with van der Waals surface area (Å²) in [4.78, 5) is 9.25. The van der Waals surface area contributed by atoms with Crippen molar-refractivity contribution in [3.8, 4) is 11.4 Å². The van der Waals surface area contributed by atoms with Crippen LogP contribution >= 0.6 is 27.5 Å². The van der Waals surface area contributed by atoms with Gasteiger partial charge < -0.3 is 5.32 Å². The monoisotopic (exact) mass is 367 g/mol. The number of anilines is 1. The molecule has 0 radical (unpaired) electrons. The molecule has 1 aromatic heterocycles. The number of hydrogen-bond donors (Lipinski definition) is 1. The van der Waals surface area contributed by atoms with Crippen LogP contribution in [0.1, 0.15) is 26.5 Å². The summed E-state index contributed by atoms with van der Waals surface area (Å²) in [5.74, 6) is 2.12. The first-order chi connectivity index (χ1) is 9.99. The molecule has 0 amide bonds. The summed E-state index contributed by atoms with van der Waals surface area (Å²) < 4.78 is 0.873. The smallest absolute Gasteiger partial charge is 0.161 e. The third-order valence-corrected chi connectivity index (χ3v) is 4.16. The van der Waals surface area contributed by atoms with Crippen molar-refractivity contribution < 1.29 is 0 Å². The molecule has 0 spiro atoms. The van der Waals surface area contributed by atoms with Gasteiger partial charge in [-0.1, -0.05) is 25.4 Å². The van der Waals surface area contributed by atoms with E-state index in [9.17, 15) is 0 Å². The van der Waals surface area contributed by atoms with Crippen LogP contribution in [0.3, 0.4) is 0 Å². The maximum absolute atomic E-state index is 6.17. The van der Waals surface area contributed by atoms with E-state index in [0.717, 1.165) is 34.5 Å². The van der Waals surface area contributed by atoms with E-state index in [1.54, 1.807) is 0 Å². The molecule has 1 N–H and O–H groups in total. The summed E-state index contributed by atoms with van der Waals surface area (Å²) >= 11 is 9.57. The fraction of sp³-hybridized carbons (Fsp3) is 0.375. The van der Waals surface area contributed by atoms with E-state index in [1.807, 2.05) is 24.3 Å². The van der Waals surface area contributed by atoms with Crippen molar-refractivity contribution in [3.63, 3.8) is 0 Å². The number of halogens is 2. The van der Waals surface area contributed by atoms with Gasteiger partial charge in [0, 0.05) is 28.3 Å². The molecule has 5 heteroatoms. The molecule has 112 valence electrons. The highest BCUT2D eigenvalue weighted by Gasteiger charge is 2.09. The Morgan fingerprint density at radius 2 is 2.00 bits per heavy atom. The molecule has 1 aromatic carbocycles. The Kier molecular flexibility index (Phi) is 5.59. The molecule has 0 saturated carbocycles. The Hall–Kier alpha value is -1.13. The Morgan fingerprint density at radius 3 is 2.62 bits per heavy atom. The van der Waals surface area contributed by atoms with E-state index in [-0.39, 0.29) is 0 Å². The number of rotatable bonds is 5. The van der Waals surface area contributed by atoms with Crippen LogP contribution in [-0.4, -0.2) is 16.5 Å². The Morgan fingerprint density at radius 1 is 1.24 bits per heavy atom. The van der Waals surface area contributed by atoms with Gasteiger partial charge in [0.25, 0.3) is 0 Å². The van der Waals surface area contributed by atoms with E-state index in [1.165, 1.54) is 0 Å². The van der Waals surface area contributed by atoms with Crippen molar-refractivity contribution in [1.82, 2.24) is 9.97 Å². The van der Waals surface area contributed by atoms with Crippen molar-refractivity contribution in [3.05, 3.63) is 39.5 Å². The van der Waals surface area contributed by atoms with E-state index in [0.29, 0.717) is 16.8 Å². The summed E-state index contributed by atoms with van der Waals surface area (Å²) in [5, 5.41) is 3.93. The van der Waals surface area contributed by atoms with Gasteiger partial charge in [-0.2, -0.15) is 0 Å². The quantitative estimate of drug-likeness (QED) is 0.789. The van der Waals surface area contributed by atoms with Crippen LogP contribution in [0.15, 0.2) is 28.7 Å². The van der Waals surface area contributed by atoms with Gasteiger partial charge in [-0.15, -0.1) is 0 Å². The molecule has 1 heterocycles. The first-order valence-corrected chi connectivity index (χ1v) is 8.24. The Balaban J connectivity index is 2.45. The molecule has 21 heavy (non-hydrogen) atoms. The molecule has 0 bridgehead atoms. The molecule has 0 saturated heterocycles. The Bertz CT molecular complexity index is 629. The van der Waals surface area contributed by atoms with Gasteiger partial charge in [0.1, 0.15) is 5.82 Å². The standard InChI is InChI=1S/C16H19BrClN3/c1-4-19-15-9-12(7-10(2)3)20-16(21-15)11-5-6-13(17)14(18)8-11/h5-6,8-10H,4,7H2,1-3H3,(H,19,20,21). The third kappa shape index (κ3) is 4.42. The van der Waals surface area contributed by atoms with Crippen molar-refractivity contribution in [2.45, 2.75) is 27.2 Å². The van der Waals surface area contributed by atoms with Crippen LogP contribution < -0.4 is 5.32 Å². The zero-order valence-electron chi connectivity index (χ0n) is 12.5. The van der Waals surface area contributed by atoms with Gasteiger partial charge in [-0.05, 0) is 53.4 Å². The fourth-order valence-electron chi connectivity index (χ4n) is 2.06. The van der Waals surface area contributed by atoms with Gasteiger partial charge in [0.2, 0.25) is 0 Å². The van der Waals surface area contributed by atoms with Crippen molar-refractivity contribution >= 4 is 33.3 Å². The molecule has 0 aliphatic heterocycles. The second-order valence-corrected chi connectivity index (χ2v) is 6.59. The van der Waals surface area contributed by atoms with Crippen LogP contribution in [0.4, 0.5) is 5.82 Å². The van der Waals surface area contributed by atoms with Crippen LogP contribution in [0.5, 0.6) is 0 Å². The van der Waals surface area contributed by atoms with Crippen LogP contribution in [-0.2, 0) is 6.42 Å². The summed E-state index contributed by atoms with van der Waals surface area (Å²) in [6.07, 6.45) is 0.929. The highest BCUT2D eigenvalue weighted by molar-refractivity contribution is 9.10. The van der Waals surface area contributed by atoms with Gasteiger partial charge in [-0.3, -0.25) is 0 Å². The number of benzene rings is 1. The number of aromatic nitrogens is 2. The molecule has 3 nitrogen and oxygen atoms in total. The maximum atomic E-state index is 6.17. The highest BCUT2D eigenvalue weighted by Crippen LogP contribution is 2.28. The van der Waals surface area contributed by atoms with Crippen LogP contribution in [0.25, 0.3) is 11.4 Å². The van der Waals surface area contributed by atoms with E-state index in [2.05, 4.69) is 52.0 Å². The number of hydrogen-bond acceptors (Lipinski definition) is 3. The Labute approximate surface area is 139 Å². The normalized spacial score (nSPS) is 11.0. The zero-order valence-corrected chi connectivity index (χ0v) is 14.8. The average molecular weight is 369 g/mol. The summed E-state index contributed by atoms with van der Waals surface area (Å²) in [6, 6.07) is 7.80. The van der Waals surface area contributed by atoms with Gasteiger partial charge >= 0.3 is 0 Å². The molecule has 2 aromatic rings. The lowest BCUT2D eigenvalue weighted by atomic mass is 10.1. The average Bonchev–Trinajstić information content (AvgIpc) is 2.41. The zero-order chi connectivity index (χ0) is 15.4. The first-order valence-electron chi connectivity index (χ1n) is 7.06. The molecule has 0 unspecified atom stereocenters. The van der Waals surface area contributed by atoms with Crippen molar-refractivity contribution in [1.29, 1.82) is 0 Å². The lowest BCUT2D eigenvalue weighted by molar-refractivity contribution is 0.635. The van der Waals surface area contributed by atoms with Crippen LogP contribution in [0.2, 0.25) is 5.02 Å². The van der Waals surface area contributed by atoms with Gasteiger partial charge in [0.15, 0.2) is 5.82 Å². The summed E-state index contributed by atoms with van der Waals surface area (Å²) in [5.41, 5.74) is 1.97. The first kappa shape index (κ1) is 16.2. The minimum Gasteiger partial charge on any atom is -0.370 e. The summed E-state index contributed by atoms with van der Waals surface area (Å²) in [7, 11) is 0. The molecular weight excluding hydrogens is 350 g/mol. The van der Waals surface area contributed by atoms with E-state index in [4.69, 9.17) is 11.6 Å². The maximum Gasteiger partial charge on any atom is 0.161 e.